The lowest BCUT2D eigenvalue weighted by Gasteiger charge is -2.41. The number of aliphatic imine (C=N–C) groups is 1. The van der Waals surface area contributed by atoms with Gasteiger partial charge in [-0.05, 0) is 25.2 Å². The molecular weight excluding hydrogens is 366 g/mol. The molecule has 0 bridgehead atoms. The zero-order valence-electron chi connectivity index (χ0n) is 16.5. The summed E-state index contributed by atoms with van der Waals surface area (Å²) in [4.78, 5) is 10.8. The van der Waals surface area contributed by atoms with Gasteiger partial charge in [0.25, 0.3) is 0 Å². The molecule has 2 unspecified atom stereocenters. The van der Waals surface area contributed by atoms with Crippen LogP contribution in [-0.2, 0) is 14.6 Å². The first-order valence-corrected chi connectivity index (χ1v) is 11.5. The minimum Gasteiger partial charge on any atom is -0.381 e. The van der Waals surface area contributed by atoms with Crippen molar-refractivity contribution in [3.05, 3.63) is 18.7 Å². The first-order chi connectivity index (χ1) is 12.9. The van der Waals surface area contributed by atoms with Gasteiger partial charge in [0.05, 0.1) is 17.1 Å². The lowest BCUT2D eigenvalue weighted by molar-refractivity contribution is 0.0753. The van der Waals surface area contributed by atoms with Crippen molar-refractivity contribution in [1.29, 1.82) is 0 Å². The maximum atomic E-state index is 12.5. The summed E-state index contributed by atoms with van der Waals surface area (Å²) >= 11 is 0. The third-order valence-electron chi connectivity index (χ3n) is 6.10. The fourth-order valence-corrected chi connectivity index (χ4v) is 5.33. The molecule has 0 amide bonds. The minimum atomic E-state index is -3.21. The fraction of sp³-hybridized carbons (Fsp3) is 0.778. The topological polar surface area (TPSA) is 88.8 Å². The van der Waals surface area contributed by atoms with Crippen LogP contribution in [0.25, 0.3) is 0 Å². The number of nitrogens with one attached hydrogen (secondary N) is 1. The number of guanidine groups is 1. The summed E-state index contributed by atoms with van der Waals surface area (Å²) in [5.41, 5.74) is 0. The first kappa shape index (κ1) is 20.1. The Kier molecular flexibility index (Phi) is 6.10. The van der Waals surface area contributed by atoms with Gasteiger partial charge in [0, 0.05) is 58.5 Å². The maximum absolute atomic E-state index is 12.5. The van der Waals surface area contributed by atoms with Gasteiger partial charge < -0.3 is 19.5 Å². The summed E-state index contributed by atoms with van der Waals surface area (Å²) in [7, 11) is -1.45. The number of hydrogen-bond donors (Lipinski definition) is 1. The van der Waals surface area contributed by atoms with Crippen LogP contribution < -0.4 is 5.32 Å². The highest BCUT2D eigenvalue weighted by Crippen LogP contribution is 2.30. The Morgan fingerprint density at radius 2 is 2.15 bits per heavy atom. The van der Waals surface area contributed by atoms with Crippen molar-refractivity contribution in [2.45, 2.75) is 37.0 Å². The van der Waals surface area contributed by atoms with Gasteiger partial charge in [0.2, 0.25) is 0 Å². The second kappa shape index (κ2) is 8.18. The van der Waals surface area contributed by atoms with Crippen LogP contribution in [0, 0.1) is 5.92 Å². The van der Waals surface area contributed by atoms with E-state index in [2.05, 4.69) is 31.7 Å². The van der Waals surface area contributed by atoms with Gasteiger partial charge in [-0.2, -0.15) is 0 Å². The van der Waals surface area contributed by atoms with E-state index >= 15 is 0 Å². The molecule has 1 aromatic heterocycles. The largest absolute Gasteiger partial charge is 0.381 e. The number of ether oxygens (including phenoxy) is 1. The number of hydrogen-bond acceptors (Lipinski definition) is 5. The highest BCUT2D eigenvalue weighted by Gasteiger charge is 2.42. The number of piperidine rings is 1. The van der Waals surface area contributed by atoms with E-state index in [4.69, 9.17) is 4.74 Å². The summed E-state index contributed by atoms with van der Waals surface area (Å²) < 4.78 is 31.7. The molecule has 27 heavy (non-hydrogen) atoms. The molecular formula is C18H31N5O3S. The molecule has 3 rings (SSSR count). The second-order valence-corrected chi connectivity index (χ2v) is 10.2. The van der Waals surface area contributed by atoms with Crippen LogP contribution in [0.5, 0.6) is 0 Å². The molecule has 2 saturated heterocycles. The summed E-state index contributed by atoms with van der Waals surface area (Å²) in [5.74, 6) is 1.31. The van der Waals surface area contributed by atoms with Crippen molar-refractivity contribution in [3.8, 4) is 0 Å². The number of imidazole rings is 1. The van der Waals surface area contributed by atoms with Gasteiger partial charge in [-0.15, -0.1) is 0 Å². The molecule has 1 N–H and O–H groups in total. The normalized spacial score (nSPS) is 26.8. The lowest BCUT2D eigenvalue weighted by Crippen LogP contribution is -2.56. The molecule has 0 aromatic carbocycles. The van der Waals surface area contributed by atoms with Crippen LogP contribution in [0.3, 0.4) is 0 Å². The van der Waals surface area contributed by atoms with E-state index < -0.39 is 14.6 Å². The van der Waals surface area contributed by atoms with Gasteiger partial charge in [-0.1, -0.05) is 6.92 Å². The Balaban J connectivity index is 1.70. The lowest BCUT2D eigenvalue weighted by atomic mass is 9.93. The molecule has 2 aliphatic rings. The summed E-state index contributed by atoms with van der Waals surface area (Å²) in [6, 6.07) is 0.326. The molecule has 152 valence electrons. The standard InChI is InChI=1S/C18H31N5O3S/c1-15-4-8-22(12-16(15)23-9-7-20-14-23)17(19-2)21-13-18(27(3,24)25)5-10-26-11-6-18/h7,9,14-16H,4-6,8,10-13H2,1-3H3,(H,19,21). The molecule has 8 nitrogen and oxygen atoms in total. The van der Waals surface area contributed by atoms with Crippen LogP contribution in [0.2, 0.25) is 0 Å². The molecule has 0 aliphatic carbocycles. The van der Waals surface area contributed by atoms with Gasteiger partial charge in [0.1, 0.15) is 0 Å². The molecule has 0 radical (unpaired) electrons. The number of likely N-dealkylation sites (tertiary alicyclic amines) is 1. The minimum absolute atomic E-state index is 0.326. The van der Waals surface area contributed by atoms with Crippen LogP contribution in [-0.4, -0.2) is 79.7 Å². The Hall–Kier alpha value is -1.61. The maximum Gasteiger partial charge on any atom is 0.193 e. The van der Waals surface area contributed by atoms with E-state index in [1.165, 1.54) is 6.26 Å². The van der Waals surface area contributed by atoms with E-state index in [1.807, 2.05) is 12.5 Å². The van der Waals surface area contributed by atoms with E-state index in [0.29, 0.717) is 44.6 Å². The Labute approximate surface area is 161 Å². The molecule has 9 heteroatoms. The third kappa shape index (κ3) is 4.29. The molecule has 0 saturated carbocycles. The van der Waals surface area contributed by atoms with Crippen molar-refractivity contribution in [3.63, 3.8) is 0 Å². The summed E-state index contributed by atoms with van der Waals surface area (Å²) in [5, 5.41) is 3.35. The van der Waals surface area contributed by atoms with E-state index in [0.717, 1.165) is 25.5 Å². The van der Waals surface area contributed by atoms with Crippen LogP contribution >= 0.6 is 0 Å². The Morgan fingerprint density at radius 1 is 1.41 bits per heavy atom. The van der Waals surface area contributed by atoms with Crippen molar-refractivity contribution in [2.75, 3.05) is 46.2 Å². The van der Waals surface area contributed by atoms with Crippen molar-refractivity contribution >= 4 is 15.8 Å². The highest BCUT2D eigenvalue weighted by molar-refractivity contribution is 7.92. The summed E-state index contributed by atoms with van der Waals surface area (Å²) in [6.07, 6.45) is 9.09. The van der Waals surface area contributed by atoms with Crippen LogP contribution in [0.4, 0.5) is 0 Å². The molecule has 2 fully saturated rings. The van der Waals surface area contributed by atoms with Crippen molar-refractivity contribution in [1.82, 2.24) is 19.8 Å². The monoisotopic (exact) mass is 397 g/mol. The number of sulfone groups is 1. The number of nitrogens with zero attached hydrogens (tertiary/aromatic N) is 4. The second-order valence-electron chi connectivity index (χ2n) is 7.76. The molecule has 1 aromatic rings. The average Bonchev–Trinajstić information content (AvgIpc) is 3.17. The number of rotatable bonds is 4. The predicted molar refractivity (Wildman–Crippen MR) is 106 cm³/mol. The van der Waals surface area contributed by atoms with E-state index in [9.17, 15) is 8.42 Å². The summed E-state index contributed by atoms with van der Waals surface area (Å²) in [6.45, 7) is 5.32. The van der Waals surface area contributed by atoms with Gasteiger partial charge in [0.15, 0.2) is 15.8 Å². The smallest absolute Gasteiger partial charge is 0.193 e. The average molecular weight is 398 g/mol. The van der Waals surface area contributed by atoms with Crippen LogP contribution in [0.1, 0.15) is 32.2 Å². The van der Waals surface area contributed by atoms with Crippen molar-refractivity contribution in [2.24, 2.45) is 10.9 Å². The SMILES string of the molecule is CN=C(NCC1(S(C)(=O)=O)CCOCC1)N1CCC(C)C(n2ccnc2)C1. The first-order valence-electron chi connectivity index (χ1n) is 9.57. The van der Waals surface area contributed by atoms with Gasteiger partial charge in [-0.3, -0.25) is 4.99 Å². The molecule has 2 aliphatic heterocycles. The number of aromatic nitrogens is 2. The highest BCUT2D eigenvalue weighted by atomic mass is 32.2. The zero-order valence-corrected chi connectivity index (χ0v) is 17.3. The third-order valence-corrected chi connectivity index (χ3v) is 8.22. The predicted octanol–water partition coefficient (Wildman–Crippen LogP) is 0.935. The van der Waals surface area contributed by atoms with Gasteiger partial charge >= 0.3 is 0 Å². The van der Waals surface area contributed by atoms with Gasteiger partial charge in [-0.25, -0.2) is 13.4 Å². The molecule has 0 spiro atoms. The Bertz CT molecular complexity index is 741. The fourth-order valence-electron chi connectivity index (χ4n) is 4.09. The Morgan fingerprint density at radius 3 is 2.74 bits per heavy atom. The zero-order chi connectivity index (χ0) is 19.5. The quantitative estimate of drug-likeness (QED) is 0.601. The van der Waals surface area contributed by atoms with Crippen LogP contribution in [0.15, 0.2) is 23.7 Å². The van der Waals surface area contributed by atoms with E-state index in [-0.39, 0.29) is 0 Å². The molecule has 3 heterocycles. The van der Waals surface area contributed by atoms with E-state index in [1.54, 1.807) is 13.2 Å². The molecule has 2 atom stereocenters. The van der Waals surface area contributed by atoms with Crippen molar-refractivity contribution < 1.29 is 13.2 Å².